The number of nitrogens with one attached hydrogen (secondary N) is 1. The topological polar surface area (TPSA) is 29.1 Å². The zero-order valence-electron chi connectivity index (χ0n) is 11.3. The Hall–Kier alpha value is -1.00. The number of carbonyl (C=O) groups is 1. The van der Waals surface area contributed by atoms with Crippen LogP contribution in [0.1, 0.15) is 19.8 Å². The number of carbonyl (C=O) groups excluding carboxylic acids is 1. The Kier molecular flexibility index (Phi) is 3.78. The smallest absolute Gasteiger partial charge is 0.240 e. The molecule has 2 nitrogen and oxygen atoms in total. The summed E-state index contributed by atoms with van der Waals surface area (Å²) in [4.78, 5) is 12.5. The molecule has 0 spiro atoms. The van der Waals surface area contributed by atoms with Gasteiger partial charge in [0.25, 0.3) is 0 Å². The van der Waals surface area contributed by atoms with Crippen LogP contribution in [0.25, 0.3) is 10.8 Å². The lowest BCUT2D eigenvalue weighted by atomic mass is 10.0. The SMILES string of the molecule is CC1(C(=O)Nc2ccc(Br)c3ccccc23)CCCS1. The van der Waals surface area contributed by atoms with Crippen molar-refractivity contribution in [2.45, 2.75) is 24.5 Å². The summed E-state index contributed by atoms with van der Waals surface area (Å²) < 4.78 is 0.765. The third-order valence-corrected chi connectivity index (χ3v) is 6.03. The van der Waals surface area contributed by atoms with Gasteiger partial charge in [-0.05, 0) is 43.0 Å². The highest BCUT2D eigenvalue weighted by atomic mass is 79.9. The summed E-state index contributed by atoms with van der Waals surface area (Å²) >= 11 is 5.32. The van der Waals surface area contributed by atoms with Gasteiger partial charge in [-0.15, -0.1) is 11.8 Å². The highest BCUT2D eigenvalue weighted by Crippen LogP contribution is 2.39. The second-order valence-corrected chi connectivity index (χ2v) is 7.73. The van der Waals surface area contributed by atoms with Crippen LogP contribution < -0.4 is 5.32 Å². The van der Waals surface area contributed by atoms with E-state index in [4.69, 9.17) is 0 Å². The maximum Gasteiger partial charge on any atom is 0.240 e. The van der Waals surface area contributed by atoms with E-state index in [2.05, 4.69) is 27.3 Å². The van der Waals surface area contributed by atoms with E-state index < -0.39 is 0 Å². The summed E-state index contributed by atoms with van der Waals surface area (Å²) in [6, 6.07) is 12.1. The van der Waals surface area contributed by atoms with E-state index in [0.29, 0.717) is 0 Å². The van der Waals surface area contributed by atoms with Crippen molar-refractivity contribution < 1.29 is 4.79 Å². The molecule has 1 aliphatic heterocycles. The molecule has 20 heavy (non-hydrogen) atoms. The first-order valence-electron chi connectivity index (χ1n) is 6.73. The van der Waals surface area contributed by atoms with Crippen molar-refractivity contribution in [3.63, 3.8) is 0 Å². The molecule has 1 heterocycles. The second-order valence-electron chi connectivity index (χ2n) is 5.28. The van der Waals surface area contributed by atoms with Crippen LogP contribution in [0.5, 0.6) is 0 Å². The van der Waals surface area contributed by atoms with Crippen LogP contribution >= 0.6 is 27.7 Å². The van der Waals surface area contributed by atoms with E-state index in [1.54, 1.807) is 11.8 Å². The molecule has 1 saturated heterocycles. The zero-order valence-corrected chi connectivity index (χ0v) is 13.7. The molecule has 0 bridgehead atoms. The Morgan fingerprint density at radius 3 is 2.70 bits per heavy atom. The third-order valence-electron chi connectivity index (χ3n) is 3.82. The van der Waals surface area contributed by atoms with Gasteiger partial charge in [-0.3, -0.25) is 4.79 Å². The number of rotatable bonds is 2. The highest BCUT2D eigenvalue weighted by Gasteiger charge is 2.37. The molecule has 0 aliphatic carbocycles. The lowest BCUT2D eigenvalue weighted by molar-refractivity contribution is -0.118. The van der Waals surface area contributed by atoms with Gasteiger partial charge in [0.1, 0.15) is 0 Å². The molecule has 0 saturated carbocycles. The van der Waals surface area contributed by atoms with E-state index in [9.17, 15) is 4.79 Å². The van der Waals surface area contributed by atoms with Gasteiger partial charge in [0.15, 0.2) is 0 Å². The Bertz CT molecular complexity index is 665. The van der Waals surface area contributed by atoms with Crippen molar-refractivity contribution in [3.05, 3.63) is 40.9 Å². The largest absolute Gasteiger partial charge is 0.324 e. The van der Waals surface area contributed by atoms with Gasteiger partial charge in [0.2, 0.25) is 5.91 Å². The molecule has 4 heteroatoms. The fraction of sp³-hybridized carbons (Fsp3) is 0.312. The predicted octanol–water partition coefficient (Wildman–Crippen LogP) is 4.83. The Labute approximate surface area is 131 Å². The maximum atomic E-state index is 12.5. The molecule has 1 fully saturated rings. The van der Waals surface area contributed by atoms with Crippen LogP contribution in [-0.4, -0.2) is 16.4 Å². The molecular formula is C16H16BrNOS. The van der Waals surface area contributed by atoms with Gasteiger partial charge in [0.05, 0.1) is 4.75 Å². The monoisotopic (exact) mass is 349 g/mol. The maximum absolute atomic E-state index is 12.5. The number of fused-ring (bicyclic) bond motifs is 1. The van der Waals surface area contributed by atoms with Crippen molar-refractivity contribution in [1.82, 2.24) is 0 Å². The number of hydrogen-bond donors (Lipinski definition) is 1. The molecular weight excluding hydrogens is 334 g/mol. The van der Waals surface area contributed by atoms with Crippen LogP contribution in [0.2, 0.25) is 0 Å². The lowest BCUT2D eigenvalue weighted by Crippen LogP contribution is -2.34. The standard InChI is InChI=1S/C16H16BrNOS/c1-16(9-4-10-20-16)15(19)18-14-8-7-13(17)11-5-2-3-6-12(11)14/h2-3,5-8H,4,9-10H2,1H3,(H,18,19). The first-order chi connectivity index (χ1) is 9.60. The van der Waals surface area contributed by atoms with Crippen molar-refractivity contribution in [2.24, 2.45) is 0 Å². The van der Waals surface area contributed by atoms with Crippen molar-refractivity contribution in [2.75, 3.05) is 11.1 Å². The van der Waals surface area contributed by atoms with Crippen molar-refractivity contribution in [1.29, 1.82) is 0 Å². The van der Waals surface area contributed by atoms with E-state index in [1.807, 2.05) is 37.3 Å². The first-order valence-corrected chi connectivity index (χ1v) is 8.51. The number of thioether (sulfide) groups is 1. The molecule has 104 valence electrons. The molecule has 1 N–H and O–H groups in total. The van der Waals surface area contributed by atoms with Gasteiger partial charge in [-0.2, -0.15) is 0 Å². The summed E-state index contributed by atoms with van der Waals surface area (Å²) in [6.45, 7) is 2.04. The fourth-order valence-electron chi connectivity index (χ4n) is 2.58. The minimum absolute atomic E-state index is 0.118. The summed E-state index contributed by atoms with van der Waals surface area (Å²) in [5.74, 6) is 1.19. The number of halogens is 1. The predicted molar refractivity (Wildman–Crippen MR) is 90.4 cm³/mol. The van der Waals surface area contributed by atoms with E-state index in [0.717, 1.165) is 39.5 Å². The summed E-state index contributed by atoms with van der Waals surface area (Å²) in [7, 11) is 0. The quantitative estimate of drug-likeness (QED) is 0.841. The average molecular weight is 350 g/mol. The zero-order chi connectivity index (χ0) is 14.2. The molecule has 1 atom stereocenters. The van der Waals surface area contributed by atoms with Crippen molar-refractivity contribution >= 4 is 50.1 Å². The number of anilines is 1. The van der Waals surface area contributed by atoms with Crippen LogP contribution in [0.3, 0.4) is 0 Å². The molecule has 2 aromatic carbocycles. The Morgan fingerprint density at radius 2 is 2.00 bits per heavy atom. The van der Waals surface area contributed by atoms with E-state index in [1.165, 1.54) is 0 Å². The van der Waals surface area contributed by atoms with Crippen LogP contribution in [0.4, 0.5) is 5.69 Å². The fourth-order valence-corrected chi connectivity index (χ4v) is 4.27. The lowest BCUT2D eigenvalue weighted by Gasteiger charge is -2.22. The van der Waals surface area contributed by atoms with Crippen molar-refractivity contribution in [3.8, 4) is 0 Å². The summed E-state index contributed by atoms with van der Waals surface area (Å²) in [6.07, 6.45) is 2.08. The molecule has 1 amide bonds. The summed E-state index contributed by atoms with van der Waals surface area (Å²) in [5, 5.41) is 5.31. The molecule has 0 aromatic heterocycles. The molecule has 2 aromatic rings. The molecule has 0 radical (unpaired) electrons. The molecule has 3 rings (SSSR count). The first kappa shape index (κ1) is 14.0. The number of benzene rings is 2. The van der Waals surface area contributed by atoms with Crippen LogP contribution in [-0.2, 0) is 4.79 Å². The van der Waals surface area contributed by atoms with Gasteiger partial charge in [-0.25, -0.2) is 0 Å². The molecule has 1 aliphatic rings. The van der Waals surface area contributed by atoms with Gasteiger partial charge in [-0.1, -0.05) is 40.2 Å². The molecule has 1 unspecified atom stereocenters. The van der Waals surface area contributed by atoms with Gasteiger partial charge in [0, 0.05) is 15.5 Å². The van der Waals surface area contributed by atoms with Gasteiger partial charge >= 0.3 is 0 Å². The van der Waals surface area contributed by atoms with E-state index >= 15 is 0 Å². The minimum atomic E-state index is -0.284. The highest BCUT2D eigenvalue weighted by molar-refractivity contribution is 9.10. The Morgan fingerprint density at radius 1 is 1.25 bits per heavy atom. The average Bonchev–Trinajstić information content (AvgIpc) is 2.90. The number of amides is 1. The minimum Gasteiger partial charge on any atom is -0.324 e. The number of hydrogen-bond acceptors (Lipinski definition) is 2. The normalized spacial score (nSPS) is 22.1. The van der Waals surface area contributed by atoms with Crippen LogP contribution in [0.15, 0.2) is 40.9 Å². The Balaban J connectivity index is 1.95. The van der Waals surface area contributed by atoms with Gasteiger partial charge < -0.3 is 5.32 Å². The second kappa shape index (κ2) is 5.41. The van der Waals surface area contributed by atoms with Crippen LogP contribution in [0, 0.1) is 0 Å². The van der Waals surface area contributed by atoms with E-state index in [-0.39, 0.29) is 10.7 Å². The third kappa shape index (κ3) is 2.47. The summed E-state index contributed by atoms with van der Waals surface area (Å²) in [5.41, 5.74) is 0.891.